The second-order valence-electron chi connectivity index (χ2n) is 4.88. The number of piperazine rings is 1. The Kier molecular flexibility index (Phi) is 5.02. The van der Waals surface area contributed by atoms with Crippen LogP contribution in [0.4, 0.5) is 4.39 Å². The second kappa shape index (κ2) is 6.55. The summed E-state index contributed by atoms with van der Waals surface area (Å²) in [4.78, 5) is 2.22. The fourth-order valence-corrected chi connectivity index (χ4v) is 2.82. The minimum atomic E-state index is -0.376. The fraction of sp³-hybridized carbons (Fsp3) is 0.571. The van der Waals surface area contributed by atoms with Gasteiger partial charge in [0.15, 0.2) is 0 Å². The van der Waals surface area contributed by atoms with Gasteiger partial charge in [-0.3, -0.25) is 4.90 Å². The number of rotatable bonds is 4. The first kappa shape index (κ1) is 14.6. The summed E-state index contributed by atoms with van der Waals surface area (Å²) in [5, 5.41) is 13.6. The van der Waals surface area contributed by atoms with Crippen molar-refractivity contribution in [1.29, 1.82) is 0 Å². The van der Waals surface area contributed by atoms with Gasteiger partial charge in [0.1, 0.15) is 11.6 Å². The van der Waals surface area contributed by atoms with E-state index in [9.17, 15) is 9.50 Å². The number of hydrogen-bond acceptors (Lipinski definition) is 3. The van der Waals surface area contributed by atoms with E-state index in [0.29, 0.717) is 5.56 Å². The number of nitrogens with zero attached hydrogens (tertiary/aromatic N) is 1. The van der Waals surface area contributed by atoms with Crippen LogP contribution in [0.25, 0.3) is 0 Å². The highest BCUT2D eigenvalue weighted by Gasteiger charge is 2.27. The summed E-state index contributed by atoms with van der Waals surface area (Å²) in [5.74, 6) is -0.488. The molecule has 0 aromatic heterocycles. The number of aromatic hydroxyl groups is 1. The van der Waals surface area contributed by atoms with Gasteiger partial charge < -0.3 is 10.4 Å². The lowest BCUT2D eigenvalue weighted by Crippen LogP contribution is -2.45. The molecule has 19 heavy (non-hydrogen) atoms. The third kappa shape index (κ3) is 3.19. The van der Waals surface area contributed by atoms with Crippen LogP contribution in [0, 0.1) is 5.82 Å². The van der Waals surface area contributed by atoms with Gasteiger partial charge in [0.25, 0.3) is 0 Å². The van der Waals surface area contributed by atoms with Gasteiger partial charge in [-0.15, -0.1) is 0 Å². The molecule has 1 saturated heterocycles. The van der Waals surface area contributed by atoms with Crippen molar-refractivity contribution < 1.29 is 9.50 Å². The Morgan fingerprint density at radius 3 is 2.74 bits per heavy atom. The van der Waals surface area contributed by atoms with Gasteiger partial charge in [0, 0.05) is 37.8 Å². The van der Waals surface area contributed by atoms with Crippen LogP contribution < -0.4 is 5.32 Å². The van der Waals surface area contributed by atoms with E-state index in [-0.39, 0.29) is 22.6 Å². The average Bonchev–Trinajstić information content (AvgIpc) is 2.43. The SMILES string of the molecule is CCC[C@@H](c1c(F)ccc(Cl)c1O)N1CCNCC1. The van der Waals surface area contributed by atoms with Crippen LogP contribution in [-0.4, -0.2) is 36.2 Å². The van der Waals surface area contributed by atoms with E-state index in [1.165, 1.54) is 12.1 Å². The molecule has 0 saturated carbocycles. The lowest BCUT2D eigenvalue weighted by atomic mass is 9.98. The minimum Gasteiger partial charge on any atom is -0.506 e. The molecule has 0 aliphatic carbocycles. The number of phenols is 1. The molecule has 1 fully saturated rings. The van der Waals surface area contributed by atoms with Gasteiger partial charge in [-0.05, 0) is 18.6 Å². The molecule has 0 unspecified atom stereocenters. The van der Waals surface area contributed by atoms with Crippen LogP contribution in [0.5, 0.6) is 5.75 Å². The molecule has 1 aromatic carbocycles. The minimum absolute atomic E-state index is 0.106. The van der Waals surface area contributed by atoms with E-state index in [2.05, 4.69) is 17.1 Å². The number of phenolic OH excluding ortho intramolecular Hbond substituents is 1. The molecule has 1 heterocycles. The van der Waals surface area contributed by atoms with E-state index >= 15 is 0 Å². The van der Waals surface area contributed by atoms with Crippen molar-refractivity contribution >= 4 is 11.6 Å². The third-order valence-corrected chi connectivity index (χ3v) is 3.91. The van der Waals surface area contributed by atoms with Crippen molar-refractivity contribution in [2.45, 2.75) is 25.8 Å². The van der Waals surface area contributed by atoms with Crippen molar-refractivity contribution in [1.82, 2.24) is 10.2 Å². The second-order valence-corrected chi connectivity index (χ2v) is 5.29. The summed E-state index contributed by atoms with van der Waals surface area (Å²) < 4.78 is 14.1. The Morgan fingerprint density at radius 1 is 1.42 bits per heavy atom. The van der Waals surface area contributed by atoms with Gasteiger partial charge in [-0.2, -0.15) is 0 Å². The van der Waals surface area contributed by atoms with Crippen molar-refractivity contribution in [3.8, 4) is 5.75 Å². The van der Waals surface area contributed by atoms with Gasteiger partial charge in [-0.25, -0.2) is 4.39 Å². The molecule has 2 N–H and O–H groups in total. The van der Waals surface area contributed by atoms with Gasteiger partial charge in [0.05, 0.1) is 5.02 Å². The highest BCUT2D eigenvalue weighted by atomic mass is 35.5. The molecule has 1 aromatic rings. The summed E-state index contributed by atoms with van der Waals surface area (Å²) in [6.07, 6.45) is 1.74. The monoisotopic (exact) mass is 286 g/mol. The molecule has 0 radical (unpaired) electrons. The molecule has 1 aliphatic heterocycles. The molecule has 5 heteroatoms. The first-order chi connectivity index (χ1) is 9.15. The topological polar surface area (TPSA) is 35.5 Å². The molecule has 1 aliphatic rings. The van der Waals surface area contributed by atoms with Crippen LogP contribution in [0.2, 0.25) is 5.02 Å². The maximum absolute atomic E-state index is 14.1. The van der Waals surface area contributed by atoms with E-state index in [1.54, 1.807) is 0 Å². The number of halogens is 2. The van der Waals surface area contributed by atoms with Crippen molar-refractivity contribution in [2.24, 2.45) is 0 Å². The third-order valence-electron chi connectivity index (χ3n) is 3.60. The van der Waals surface area contributed by atoms with Crippen LogP contribution in [0.3, 0.4) is 0 Å². The zero-order valence-electron chi connectivity index (χ0n) is 11.1. The lowest BCUT2D eigenvalue weighted by molar-refractivity contribution is 0.159. The first-order valence-corrected chi connectivity index (χ1v) is 7.14. The molecule has 0 spiro atoms. The van der Waals surface area contributed by atoms with Crippen LogP contribution in [0.1, 0.15) is 31.4 Å². The van der Waals surface area contributed by atoms with Gasteiger partial charge >= 0.3 is 0 Å². The van der Waals surface area contributed by atoms with Crippen molar-refractivity contribution in [2.75, 3.05) is 26.2 Å². The number of nitrogens with one attached hydrogen (secondary N) is 1. The largest absolute Gasteiger partial charge is 0.506 e. The highest BCUT2D eigenvalue weighted by Crippen LogP contribution is 2.38. The predicted octanol–water partition coefficient (Wildman–Crippen LogP) is 2.93. The maximum Gasteiger partial charge on any atom is 0.141 e. The van der Waals surface area contributed by atoms with Gasteiger partial charge in [0.2, 0.25) is 0 Å². The lowest BCUT2D eigenvalue weighted by Gasteiger charge is -2.35. The Hall–Kier alpha value is -0.840. The normalized spacial score (nSPS) is 18.5. The van der Waals surface area contributed by atoms with E-state index in [0.717, 1.165) is 39.0 Å². The molecule has 0 amide bonds. The highest BCUT2D eigenvalue weighted by molar-refractivity contribution is 6.32. The summed E-state index contributed by atoms with van der Waals surface area (Å²) in [5.41, 5.74) is 0.344. The van der Waals surface area contributed by atoms with Crippen molar-refractivity contribution in [3.05, 3.63) is 28.5 Å². The Balaban J connectivity index is 2.35. The van der Waals surface area contributed by atoms with E-state index < -0.39 is 0 Å². The average molecular weight is 287 g/mol. The molecular formula is C14H20ClFN2O. The molecule has 2 rings (SSSR count). The quantitative estimate of drug-likeness (QED) is 0.893. The zero-order valence-corrected chi connectivity index (χ0v) is 11.9. The summed E-state index contributed by atoms with van der Waals surface area (Å²) >= 11 is 5.92. The fourth-order valence-electron chi connectivity index (χ4n) is 2.65. The molecular weight excluding hydrogens is 267 g/mol. The zero-order chi connectivity index (χ0) is 13.8. The summed E-state index contributed by atoms with van der Waals surface area (Å²) in [6.45, 7) is 5.56. The number of benzene rings is 1. The summed E-state index contributed by atoms with van der Waals surface area (Å²) in [7, 11) is 0. The van der Waals surface area contributed by atoms with E-state index in [4.69, 9.17) is 11.6 Å². The smallest absolute Gasteiger partial charge is 0.141 e. The van der Waals surface area contributed by atoms with Crippen LogP contribution >= 0.6 is 11.6 Å². The van der Waals surface area contributed by atoms with E-state index in [1.807, 2.05) is 0 Å². The maximum atomic E-state index is 14.1. The standard InChI is InChI=1S/C14H20ClFN2O/c1-2-3-12(18-8-6-17-7-9-18)13-11(16)5-4-10(15)14(13)19/h4-5,12,17,19H,2-3,6-9H2,1H3/t12-/m0/s1. The van der Waals surface area contributed by atoms with Crippen LogP contribution in [-0.2, 0) is 0 Å². The van der Waals surface area contributed by atoms with Crippen LogP contribution in [0.15, 0.2) is 12.1 Å². The Bertz CT molecular complexity index is 436. The number of hydrogen-bond donors (Lipinski definition) is 2. The van der Waals surface area contributed by atoms with Gasteiger partial charge in [-0.1, -0.05) is 24.9 Å². The first-order valence-electron chi connectivity index (χ1n) is 6.76. The Morgan fingerprint density at radius 2 is 2.11 bits per heavy atom. The predicted molar refractivity (Wildman–Crippen MR) is 75.2 cm³/mol. The molecule has 1 atom stereocenters. The molecule has 3 nitrogen and oxygen atoms in total. The van der Waals surface area contributed by atoms with Crippen molar-refractivity contribution in [3.63, 3.8) is 0 Å². The Labute approximate surface area is 118 Å². The molecule has 106 valence electrons. The molecule has 0 bridgehead atoms. The summed E-state index contributed by atoms with van der Waals surface area (Å²) in [6, 6.07) is 2.63.